The molecule has 3 fully saturated rings. The Labute approximate surface area is 119 Å². The lowest BCUT2D eigenvalue weighted by atomic mass is 9.90. The second-order valence-corrected chi connectivity index (χ2v) is 7.43. The third-order valence-corrected chi connectivity index (χ3v) is 6.20. The Morgan fingerprint density at radius 2 is 1.47 bits per heavy atom. The highest BCUT2D eigenvalue weighted by Crippen LogP contribution is 2.35. The maximum atomic E-state index is 4.01. The van der Waals surface area contributed by atoms with Gasteiger partial charge in [0.1, 0.15) is 0 Å². The summed E-state index contributed by atoms with van der Waals surface area (Å²) in [6, 6.07) is 3.29. The highest BCUT2D eigenvalue weighted by Gasteiger charge is 2.38. The highest BCUT2D eigenvalue weighted by molar-refractivity contribution is 4.96. The predicted molar refractivity (Wildman–Crippen MR) is 81.4 cm³/mol. The van der Waals surface area contributed by atoms with Gasteiger partial charge < -0.3 is 10.2 Å². The molecule has 1 aliphatic carbocycles. The Bertz CT molecular complexity index is 269. The van der Waals surface area contributed by atoms with Crippen LogP contribution in [0.15, 0.2) is 0 Å². The summed E-state index contributed by atoms with van der Waals surface area (Å²) in [5.41, 5.74) is 0. The maximum absolute atomic E-state index is 4.01. The summed E-state index contributed by atoms with van der Waals surface area (Å²) >= 11 is 0. The van der Waals surface area contributed by atoms with Crippen LogP contribution in [0.3, 0.4) is 0 Å². The van der Waals surface area contributed by atoms with Gasteiger partial charge in [-0.1, -0.05) is 25.7 Å². The van der Waals surface area contributed by atoms with Crippen LogP contribution in [0.25, 0.3) is 0 Å². The largest absolute Gasteiger partial charge is 0.311 e. The van der Waals surface area contributed by atoms with Crippen molar-refractivity contribution in [3.05, 3.63) is 0 Å². The van der Waals surface area contributed by atoms with Crippen molar-refractivity contribution in [2.75, 3.05) is 7.05 Å². The van der Waals surface area contributed by atoms with E-state index in [9.17, 15) is 0 Å². The minimum Gasteiger partial charge on any atom is -0.311 e. The quantitative estimate of drug-likeness (QED) is 0.784. The van der Waals surface area contributed by atoms with Crippen molar-refractivity contribution < 1.29 is 0 Å². The number of piperidine rings is 1. The molecule has 3 rings (SSSR count). The lowest BCUT2D eigenvalue weighted by molar-refractivity contribution is 0.137. The maximum Gasteiger partial charge on any atom is 0.0111 e. The Morgan fingerprint density at radius 1 is 0.895 bits per heavy atom. The summed E-state index contributed by atoms with van der Waals surface area (Å²) in [5, 5.41) is 4.01. The van der Waals surface area contributed by atoms with Crippen molar-refractivity contribution in [3.63, 3.8) is 0 Å². The van der Waals surface area contributed by atoms with E-state index in [1.54, 1.807) is 0 Å². The Kier molecular flexibility index (Phi) is 4.48. The second-order valence-electron chi connectivity index (χ2n) is 7.43. The number of hydrogen-bond acceptors (Lipinski definition) is 2. The van der Waals surface area contributed by atoms with Crippen molar-refractivity contribution in [1.29, 1.82) is 0 Å². The Hall–Kier alpha value is -0.0800. The molecule has 0 aromatic rings. The number of nitrogens with zero attached hydrogens (tertiary/aromatic N) is 1. The van der Waals surface area contributed by atoms with Crippen LogP contribution in [0, 0.1) is 5.92 Å². The van der Waals surface area contributed by atoms with Gasteiger partial charge in [-0.05, 0) is 58.4 Å². The topological polar surface area (TPSA) is 15.3 Å². The molecular formula is C17H32N2. The molecule has 0 spiro atoms. The summed E-state index contributed by atoms with van der Waals surface area (Å²) in [6.45, 7) is 2.45. The van der Waals surface area contributed by atoms with Crippen LogP contribution in [0.5, 0.6) is 0 Å². The van der Waals surface area contributed by atoms with Gasteiger partial charge >= 0.3 is 0 Å². The highest BCUT2D eigenvalue weighted by atomic mass is 15.2. The van der Waals surface area contributed by atoms with E-state index in [2.05, 4.69) is 24.2 Å². The fourth-order valence-corrected chi connectivity index (χ4v) is 4.87. The van der Waals surface area contributed by atoms with Gasteiger partial charge in [0.05, 0.1) is 0 Å². The lowest BCUT2D eigenvalue weighted by Crippen LogP contribution is -2.50. The number of hydrogen-bond donors (Lipinski definition) is 1. The number of nitrogens with one attached hydrogen (secondary N) is 1. The van der Waals surface area contributed by atoms with Crippen molar-refractivity contribution in [2.24, 2.45) is 5.92 Å². The van der Waals surface area contributed by atoms with Gasteiger partial charge in [0.15, 0.2) is 0 Å². The zero-order valence-corrected chi connectivity index (χ0v) is 12.9. The molecule has 0 aromatic carbocycles. The average Bonchev–Trinajstić information content (AvgIpc) is 2.68. The molecule has 2 bridgehead atoms. The average molecular weight is 264 g/mol. The molecule has 110 valence electrons. The molecule has 19 heavy (non-hydrogen) atoms. The molecule has 2 heteroatoms. The van der Waals surface area contributed by atoms with Crippen LogP contribution in [0.2, 0.25) is 0 Å². The van der Waals surface area contributed by atoms with Gasteiger partial charge in [-0.2, -0.15) is 0 Å². The molecule has 2 heterocycles. The zero-order valence-electron chi connectivity index (χ0n) is 12.9. The second kappa shape index (κ2) is 6.13. The van der Waals surface area contributed by atoms with E-state index in [0.717, 1.165) is 30.1 Å². The normalized spacial score (nSPS) is 39.2. The SMILES string of the molecule is C[C@H](NC1CC2CCC(C1)N2C)C1CCCCCC1. The first-order chi connectivity index (χ1) is 9.24. The fraction of sp³-hybridized carbons (Fsp3) is 1.00. The smallest absolute Gasteiger partial charge is 0.0111 e. The van der Waals surface area contributed by atoms with E-state index in [-0.39, 0.29) is 0 Å². The van der Waals surface area contributed by atoms with Crippen molar-refractivity contribution in [3.8, 4) is 0 Å². The summed E-state index contributed by atoms with van der Waals surface area (Å²) in [5.74, 6) is 0.944. The van der Waals surface area contributed by atoms with Gasteiger partial charge in [0.25, 0.3) is 0 Å². The van der Waals surface area contributed by atoms with E-state index in [1.807, 2.05) is 0 Å². The third kappa shape index (κ3) is 3.16. The molecule has 1 saturated carbocycles. The van der Waals surface area contributed by atoms with Gasteiger partial charge in [-0.3, -0.25) is 0 Å². The third-order valence-electron chi connectivity index (χ3n) is 6.20. The van der Waals surface area contributed by atoms with E-state index in [1.165, 1.54) is 64.2 Å². The molecule has 3 aliphatic rings. The molecule has 0 radical (unpaired) electrons. The Morgan fingerprint density at radius 3 is 2.05 bits per heavy atom. The first kappa shape index (κ1) is 13.9. The summed E-state index contributed by atoms with van der Waals surface area (Å²) in [7, 11) is 2.34. The van der Waals surface area contributed by atoms with Crippen LogP contribution < -0.4 is 5.32 Å². The monoisotopic (exact) mass is 264 g/mol. The minimum atomic E-state index is 0.742. The van der Waals surface area contributed by atoms with Gasteiger partial charge in [0, 0.05) is 24.2 Å². The molecule has 2 nitrogen and oxygen atoms in total. The van der Waals surface area contributed by atoms with Crippen molar-refractivity contribution in [1.82, 2.24) is 10.2 Å². The summed E-state index contributed by atoms with van der Waals surface area (Å²) < 4.78 is 0. The molecule has 2 saturated heterocycles. The Balaban J connectivity index is 1.51. The molecule has 0 aromatic heterocycles. The fourth-order valence-electron chi connectivity index (χ4n) is 4.87. The van der Waals surface area contributed by atoms with Crippen molar-refractivity contribution >= 4 is 0 Å². The van der Waals surface area contributed by atoms with Crippen LogP contribution in [0.1, 0.15) is 71.1 Å². The predicted octanol–water partition coefficient (Wildman–Crippen LogP) is 3.56. The van der Waals surface area contributed by atoms with E-state index in [4.69, 9.17) is 0 Å². The van der Waals surface area contributed by atoms with Crippen LogP contribution in [-0.2, 0) is 0 Å². The zero-order chi connectivity index (χ0) is 13.2. The van der Waals surface area contributed by atoms with Gasteiger partial charge in [-0.15, -0.1) is 0 Å². The first-order valence-corrected chi connectivity index (χ1v) is 8.72. The van der Waals surface area contributed by atoms with Gasteiger partial charge in [0.2, 0.25) is 0 Å². The van der Waals surface area contributed by atoms with E-state index >= 15 is 0 Å². The standard InChI is InChI=1S/C17H32N2/c1-13(14-7-5-3-4-6-8-14)18-15-11-16-9-10-17(12-15)19(16)2/h13-18H,3-12H2,1-2H3/t13-,15?,16?,17?/m0/s1. The summed E-state index contributed by atoms with van der Waals surface area (Å²) in [4.78, 5) is 2.65. The van der Waals surface area contributed by atoms with Gasteiger partial charge in [-0.25, -0.2) is 0 Å². The van der Waals surface area contributed by atoms with Crippen LogP contribution in [-0.4, -0.2) is 36.1 Å². The molecule has 2 unspecified atom stereocenters. The summed E-state index contributed by atoms with van der Waals surface area (Å²) in [6.07, 6.45) is 14.5. The molecule has 2 aliphatic heterocycles. The van der Waals surface area contributed by atoms with E-state index < -0.39 is 0 Å². The lowest BCUT2D eigenvalue weighted by Gasteiger charge is -2.39. The van der Waals surface area contributed by atoms with Crippen LogP contribution in [0.4, 0.5) is 0 Å². The van der Waals surface area contributed by atoms with E-state index in [0.29, 0.717) is 0 Å². The molecule has 3 atom stereocenters. The van der Waals surface area contributed by atoms with Crippen molar-refractivity contribution in [2.45, 2.75) is 95.3 Å². The number of fused-ring (bicyclic) bond motifs is 2. The number of rotatable bonds is 3. The van der Waals surface area contributed by atoms with Crippen LogP contribution >= 0.6 is 0 Å². The molecule has 0 amide bonds. The first-order valence-electron chi connectivity index (χ1n) is 8.72. The minimum absolute atomic E-state index is 0.742. The molecule has 1 N–H and O–H groups in total. The molecular weight excluding hydrogens is 232 g/mol.